The highest BCUT2D eigenvalue weighted by molar-refractivity contribution is 6.30. The van der Waals surface area contributed by atoms with Crippen molar-refractivity contribution in [3.8, 4) is 5.75 Å². The Morgan fingerprint density at radius 3 is 2.58 bits per heavy atom. The van der Waals surface area contributed by atoms with Crippen molar-refractivity contribution in [1.82, 2.24) is 5.32 Å². The summed E-state index contributed by atoms with van der Waals surface area (Å²) < 4.78 is 5.39. The Morgan fingerprint density at radius 1 is 1.42 bits per heavy atom. The van der Waals surface area contributed by atoms with Crippen molar-refractivity contribution in [2.24, 2.45) is 0 Å². The maximum Gasteiger partial charge on any atom is 0.328 e. The molecule has 0 saturated carbocycles. The zero-order valence-electron chi connectivity index (χ0n) is 10.9. The molecule has 1 atom stereocenters. The molecule has 104 valence electrons. The van der Waals surface area contributed by atoms with Gasteiger partial charge in [-0.05, 0) is 39.0 Å². The van der Waals surface area contributed by atoms with E-state index in [2.05, 4.69) is 5.32 Å². The Bertz CT molecular complexity index is 487. The molecule has 1 aromatic rings. The van der Waals surface area contributed by atoms with Crippen molar-refractivity contribution in [2.75, 3.05) is 0 Å². The number of nitrogens with one attached hydrogen (secondary N) is 1. The van der Waals surface area contributed by atoms with Gasteiger partial charge in [0.1, 0.15) is 11.3 Å². The number of aliphatic carboxylic acids is 1. The minimum Gasteiger partial charge on any atom is -0.481 e. The van der Waals surface area contributed by atoms with Crippen molar-refractivity contribution in [2.45, 2.75) is 32.4 Å². The fourth-order valence-electron chi connectivity index (χ4n) is 1.26. The van der Waals surface area contributed by atoms with E-state index in [9.17, 15) is 9.59 Å². The average Bonchev–Trinajstić information content (AvgIpc) is 2.28. The van der Waals surface area contributed by atoms with Crippen LogP contribution in [0.25, 0.3) is 0 Å². The van der Waals surface area contributed by atoms with Gasteiger partial charge < -0.3 is 15.2 Å². The molecule has 5 nitrogen and oxygen atoms in total. The van der Waals surface area contributed by atoms with E-state index in [4.69, 9.17) is 21.4 Å². The second-order valence-electron chi connectivity index (χ2n) is 4.64. The summed E-state index contributed by atoms with van der Waals surface area (Å²) >= 11 is 5.80. The first kappa shape index (κ1) is 15.3. The van der Waals surface area contributed by atoms with Gasteiger partial charge in [0, 0.05) is 5.02 Å². The molecule has 1 aromatic carbocycles. The summed E-state index contributed by atoms with van der Waals surface area (Å²) in [6.07, 6.45) is -0.822. The summed E-state index contributed by atoms with van der Waals surface area (Å²) in [6.45, 7) is 4.34. The van der Waals surface area contributed by atoms with Gasteiger partial charge in [0.2, 0.25) is 0 Å². The molecule has 0 fully saturated rings. The van der Waals surface area contributed by atoms with E-state index in [1.807, 2.05) is 0 Å². The highest BCUT2D eigenvalue weighted by Crippen LogP contribution is 2.18. The molecule has 0 heterocycles. The lowest BCUT2D eigenvalue weighted by molar-refractivity contribution is -0.147. The number of hydrogen-bond donors (Lipinski definition) is 2. The second-order valence-corrected chi connectivity index (χ2v) is 5.07. The third-order valence-electron chi connectivity index (χ3n) is 2.45. The number of carbonyl (C=O) groups is 2. The first-order chi connectivity index (χ1) is 8.72. The molecule has 19 heavy (non-hydrogen) atoms. The highest BCUT2D eigenvalue weighted by atomic mass is 35.5. The number of amides is 1. The first-order valence-electron chi connectivity index (χ1n) is 5.70. The SMILES string of the molecule is CC(Oc1cccc(Cl)c1)C(=O)NC(C)(C)C(=O)O. The molecule has 2 N–H and O–H groups in total. The van der Waals surface area contributed by atoms with Gasteiger partial charge in [-0.2, -0.15) is 0 Å². The molecule has 6 heteroatoms. The summed E-state index contributed by atoms with van der Waals surface area (Å²) in [7, 11) is 0. The molecule has 1 unspecified atom stereocenters. The fraction of sp³-hybridized carbons (Fsp3) is 0.385. The van der Waals surface area contributed by atoms with E-state index in [-0.39, 0.29) is 0 Å². The Morgan fingerprint density at radius 2 is 2.05 bits per heavy atom. The van der Waals surface area contributed by atoms with Crippen LogP contribution in [0.3, 0.4) is 0 Å². The molecule has 0 radical (unpaired) electrons. The minimum atomic E-state index is -1.34. The number of carboxylic acids is 1. The van der Waals surface area contributed by atoms with Gasteiger partial charge in [-0.15, -0.1) is 0 Å². The number of halogens is 1. The van der Waals surface area contributed by atoms with Gasteiger partial charge in [-0.3, -0.25) is 4.79 Å². The predicted octanol–water partition coefficient (Wildman–Crippen LogP) is 2.09. The van der Waals surface area contributed by atoms with Crippen molar-refractivity contribution in [3.63, 3.8) is 0 Å². The third-order valence-corrected chi connectivity index (χ3v) is 2.68. The number of rotatable bonds is 5. The molecule has 0 spiro atoms. The van der Waals surface area contributed by atoms with Gasteiger partial charge in [0.15, 0.2) is 6.10 Å². The molecule has 0 aliphatic carbocycles. The van der Waals surface area contributed by atoms with Crippen molar-refractivity contribution < 1.29 is 19.4 Å². The number of benzene rings is 1. The molecule has 1 rings (SSSR count). The van der Waals surface area contributed by atoms with Crippen LogP contribution in [0.2, 0.25) is 5.02 Å². The van der Waals surface area contributed by atoms with Crippen LogP contribution >= 0.6 is 11.6 Å². The standard InChI is InChI=1S/C13H16ClNO4/c1-8(11(16)15-13(2,3)12(17)18)19-10-6-4-5-9(14)7-10/h4-8H,1-3H3,(H,15,16)(H,17,18). The second kappa shape index (κ2) is 5.93. The quantitative estimate of drug-likeness (QED) is 0.868. The molecule has 0 saturated heterocycles. The summed E-state index contributed by atoms with van der Waals surface area (Å²) in [6, 6.07) is 6.63. The lowest BCUT2D eigenvalue weighted by Gasteiger charge is -2.23. The lowest BCUT2D eigenvalue weighted by Crippen LogP contribution is -2.53. The summed E-state index contributed by atoms with van der Waals surface area (Å²) in [5.41, 5.74) is -1.34. The van der Waals surface area contributed by atoms with E-state index < -0.39 is 23.5 Å². The number of hydrogen-bond acceptors (Lipinski definition) is 3. The van der Waals surface area contributed by atoms with Crippen LogP contribution in [0.15, 0.2) is 24.3 Å². The summed E-state index contributed by atoms with van der Waals surface area (Å²) in [4.78, 5) is 22.7. The van der Waals surface area contributed by atoms with E-state index in [0.717, 1.165) is 0 Å². The normalized spacial score (nSPS) is 12.6. The first-order valence-corrected chi connectivity index (χ1v) is 6.08. The zero-order valence-corrected chi connectivity index (χ0v) is 11.7. The predicted molar refractivity (Wildman–Crippen MR) is 71.4 cm³/mol. The summed E-state index contributed by atoms with van der Waals surface area (Å²) in [5, 5.41) is 11.8. The van der Waals surface area contributed by atoms with Crippen LogP contribution in [-0.4, -0.2) is 28.6 Å². The molecule has 0 aliphatic rings. The van der Waals surface area contributed by atoms with Gasteiger partial charge in [-0.1, -0.05) is 17.7 Å². The minimum absolute atomic E-state index is 0.447. The van der Waals surface area contributed by atoms with Gasteiger partial charge in [0.25, 0.3) is 5.91 Å². The molecule has 0 bridgehead atoms. The Kier molecular flexibility index (Phi) is 4.78. The van der Waals surface area contributed by atoms with Crippen LogP contribution in [0.5, 0.6) is 5.75 Å². The number of carboxylic acid groups (broad SMARTS) is 1. The van der Waals surface area contributed by atoms with Crippen molar-refractivity contribution in [3.05, 3.63) is 29.3 Å². The summed E-state index contributed by atoms with van der Waals surface area (Å²) in [5.74, 6) is -1.17. The van der Waals surface area contributed by atoms with E-state index in [1.54, 1.807) is 24.3 Å². The van der Waals surface area contributed by atoms with E-state index in [1.165, 1.54) is 20.8 Å². The average molecular weight is 286 g/mol. The van der Waals surface area contributed by atoms with Gasteiger partial charge >= 0.3 is 5.97 Å². The molecule has 1 amide bonds. The topological polar surface area (TPSA) is 75.6 Å². The van der Waals surface area contributed by atoms with Crippen molar-refractivity contribution in [1.29, 1.82) is 0 Å². The Balaban J connectivity index is 2.66. The Hall–Kier alpha value is -1.75. The molecular weight excluding hydrogens is 270 g/mol. The smallest absolute Gasteiger partial charge is 0.328 e. The number of ether oxygens (including phenoxy) is 1. The van der Waals surface area contributed by atoms with Crippen LogP contribution in [-0.2, 0) is 9.59 Å². The maximum atomic E-state index is 11.8. The Labute approximate surface area is 116 Å². The van der Waals surface area contributed by atoms with Gasteiger partial charge in [0.05, 0.1) is 0 Å². The van der Waals surface area contributed by atoms with Crippen LogP contribution < -0.4 is 10.1 Å². The van der Waals surface area contributed by atoms with Crippen LogP contribution in [0.4, 0.5) is 0 Å². The largest absolute Gasteiger partial charge is 0.481 e. The van der Waals surface area contributed by atoms with E-state index >= 15 is 0 Å². The highest BCUT2D eigenvalue weighted by Gasteiger charge is 2.31. The maximum absolute atomic E-state index is 11.8. The fourth-order valence-corrected chi connectivity index (χ4v) is 1.44. The lowest BCUT2D eigenvalue weighted by atomic mass is 10.1. The molecule has 0 aromatic heterocycles. The number of carbonyl (C=O) groups excluding carboxylic acids is 1. The zero-order chi connectivity index (χ0) is 14.6. The molecule has 0 aliphatic heterocycles. The third kappa shape index (κ3) is 4.44. The van der Waals surface area contributed by atoms with Crippen molar-refractivity contribution >= 4 is 23.5 Å². The van der Waals surface area contributed by atoms with Crippen LogP contribution in [0, 0.1) is 0 Å². The monoisotopic (exact) mass is 285 g/mol. The van der Waals surface area contributed by atoms with E-state index in [0.29, 0.717) is 10.8 Å². The molecular formula is C13H16ClNO4. The van der Waals surface area contributed by atoms with Gasteiger partial charge in [-0.25, -0.2) is 4.79 Å². The van der Waals surface area contributed by atoms with Crippen LogP contribution in [0.1, 0.15) is 20.8 Å².